The SMILES string of the molecule is CC(C)OC(=O)C(=O)OCC(F)(F)F. The minimum absolute atomic E-state index is 0.582. The van der Waals surface area contributed by atoms with Crippen molar-refractivity contribution in [3.8, 4) is 0 Å². The van der Waals surface area contributed by atoms with Crippen molar-refractivity contribution in [1.29, 1.82) is 0 Å². The number of hydrogen-bond donors (Lipinski definition) is 0. The number of esters is 2. The summed E-state index contributed by atoms with van der Waals surface area (Å²) in [5.41, 5.74) is 0. The highest BCUT2D eigenvalue weighted by atomic mass is 19.4. The normalized spacial score (nSPS) is 11.3. The molecular formula is C7H9F3O4. The van der Waals surface area contributed by atoms with Crippen LogP contribution in [0, 0.1) is 0 Å². The van der Waals surface area contributed by atoms with E-state index in [2.05, 4.69) is 9.47 Å². The van der Waals surface area contributed by atoms with Crippen molar-refractivity contribution in [3.05, 3.63) is 0 Å². The van der Waals surface area contributed by atoms with Crippen LogP contribution in [0.25, 0.3) is 0 Å². The first-order valence-electron chi connectivity index (χ1n) is 3.67. The Bertz CT molecular complexity index is 221. The fourth-order valence-corrected chi connectivity index (χ4v) is 0.468. The number of halogens is 3. The molecule has 0 aliphatic carbocycles. The Morgan fingerprint density at radius 1 is 1.21 bits per heavy atom. The maximum atomic E-state index is 11.5. The van der Waals surface area contributed by atoms with Crippen molar-refractivity contribution in [2.75, 3.05) is 6.61 Å². The van der Waals surface area contributed by atoms with Gasteiger partial charge in [0.05, 0.1) is 6.10 Å². The number of carbonyl (C=O) groups is 2. The van der Waals surface area contributed by atoms with Crippen LogP contribution in [0.15, 0.2) is 0 Å². The van der Waals surface area contributed by atoms with Crippen molar-refractivity contribution in [1.82, 2.24) is 0 Å². The van der Waals surface area contributed by atoms with Crippen LogP contribution < -0.4 is 0 Å². The minimum atomic E-state index is -4.65. The summed E-state index contributed by atoms with van der Waals surface area (Å²) >= 11 is 0. The molecule has 0 fully saturated rings. The molecule has 7 heteroatoms. The molecule has 0 aliphatic rings. The van der Waals surface area contributed by atoms with Crippen LogP contribution in [-0.4, -0.2) is 30.8 Å². The van der Waals surface area contributed by atoms with Crippen molar-refractivity contribution in [2.45, 2.75) is 26.1 Å². The van der Waals surface area contributed by atoms with Crippen LogP contribution in [0.5, 0.6) is 0 Å². The maximum Gasteiger partial charge on any atom is 0.422 e. The van der Waals surface area contributed by atoms with E-state index in [1.54, 1.807) is 0 Å². The Morgan fingerprint density at radius 2 is 1.71 bits per heavy atom. The van der Waals surface area contributed by atoms with Gasteiger partial charge in [0.25, 0.3) is 0 Å². The van der Waals surface area contributed by atoms with E-state index in [-0.39, 0.29) is 0 Å². The number of alkyl halides is 3. The fourth-order valence-electron chi connectivity index (χ4n) is 0.468. The van der Waals surface area contributed by atoms with Gasteiger partial charge in [0.15, 0.2) is 6.61 Å². The van der Waals surface area contributed by atoms with Gasteiger partial charge in [-0.1, -0.05) is 0 Å². The highest BCUT2D eigenvalue weighted by Gasteiger charge is 2.31. The molecule has 82 valence electrons. The first-order valence-corrected chi connectivity index (χ1v) is 3.67. The number of ether oxygens (including phenoxy) is 2. The molecule has 0 heterocycles. The van der Waals surface area contributed by atoms with Crippen molar-refractivity contribution < 1.29 is 32.2 Å². The molecule has 0 spiro atoms. The van der Waals surface area contributed by atoms with Gasteiger partial charge in [0.2, 0.25) is 0 Å². The monoisotopic (exact) mass is 214 g/mol. The van der Waals surface area contributed by atoms with Crippen LogP contribution in [0.1, 0.15) is 13.8 Å². The molecule has 0 atom stereocenters. The number of carbonyl (C=O) groups excluding carboxylic acids is 2. The molecule has 0 rings (SSSR count). The van der Waals surface area contributed by atoms with Crippen molar-refractivity contribution >= 4 is 11.9 Å². The fraction of sp³-hybridized carbons (Fsp3) is 0.714. The van der Waals surface area contributed by atoms with E-state index in [0.29, 0.717) is 0 Å². The summed E-state index contributed by atoms with van der Waals surface area (Å²) in [6.07, 6.45) is -5.23. The van der Waals surface area contributed by atoms with E-state index >= 15 is 0 Å². The molecule has 0 aliphatic heterocycles. The molecule has 0 N–H and O–H groups in total. The lowest BCUT2D eigenvalue weighted by Crippen LogP contribution is -2.27. The third-order valence-corrected chi connectivity index (χ3v) is 0.876. The molecule has 0 unspecified atom stereocenters. The van der Waals surface area contributed by atoms with Gasteiger partial charge in [0.1, 0.15) is 0 Å². The first-order chi connectivity index (χ1) is 6.22. The summed E-state index contributed by atoms with van der Waals surface area (Å²) in [7, 11) is 0. The van der Waals surface area contributed by atoms with Crippen LogP contribution in [0.4, 0.5) is 13.2 Å². The average molecular weight is 214 g/mol. The largest absolute Gasteiger partial charge is 0.455 e. The van der Waals surface area contributed by atoms with Gasteiger partial charge in [0, 0.05) is 0 Å². The van der Waals surface area contributed by atoms with Gasteiger partial charge in [-0.25, -0.2) is 9.59 Å². The van der Waals surface area contributed by atoms with Crippen LogP contribution in [0.2, 0.25) is 0 Å². The second kappa shape index (κ2) is 4.83. The van der Waals surface area contributed by atoms with Crippen molar-refractivity contribution in [2.24, 2.45) is 0 Å². The summed E-state index contributed by atoms with van der Waals surface area (Å²) < 4.78 is 42.5. The highest BCUT2D eigenvalue weighted by molar-refractivity contribution is 6.29. The zero-order valence-electron chi connectivity index (χ0n) is 7.55. The zero-order valence-corrected chi connectivity index (χ0v) is 7.55. The Balaban J connectivity index is 3.92. The summed E-state index contributed by atoms with van der Waals surface area (Å²) in [6.45, 7) is 1.11. The van der Waals surface area contributed by atoms with Crippen LogP contribution in [-0.2, 0) is 19.1 Å². The Morgan fingerprint density at radius 3 is 2.07 bits per heavy atom. The summed E-state index contributed by atoms with van der Waals surface area (Å²) in [6, 6.07) is 0. The Labute approximate surface area is 78.0 Å². The molecule has 14 heavy (non-hydrogen) atoms. The van der Waals surface area contributed by atoms with Crippen LogP contribution >= 0.6 is 0 Å². The van der Waals surface area contributed by atoms with E-state index in [1.165, 1.54) is 13.8 Å². The van der Waals surface area contributed by atoms with Gasteiger partial charge >= 0.3 is 18.1 Å². The average Bonchev–Trinajstić information content (AvgIpc) is 1.97. The minimum Gasteiger partial charge on any atom is -0.455 e. The maximum absolute atomic E-state index is 11.5. The smallest absolute Gasteiger partial charge is 0.422 e. The molecular weight excluding hydrogens is 205 g/mol. The molecule has 0 aromatic heterocycles. The number of rotatable bonds is 2. The molecule has 0 aromatic rings. The third kappa shape index (κ3) is 6.27. The summed E-state index contributed by atoms with van der Waals surface area (Å²) in [5.74, 6) is -3.07. The Kier molecular flexibility index (Phi) is 4.39. The molecule has 0 saturated heterocycles. The first kappa shape index (κ1) is 12.7. The van der Waals surface area contributed by atoms with E-state index < -0.39 is 30.8 Å². The van der Waals surface area contributed by atoms with E-state index in [1.807, 2.05) is 0 Å². The predicted molar refractivity (Wildman–Crippen MR) is 38.2 cm³/mol. The quantitative estimate of drug-likeness (QED) is 0.509. The van der Waals surface area contributed by atoms with Gasteiger partial charge in [-0.3, -0.25) is 0 Å². The van der Waals surface area contributed by atoms with Gasteiger partial charge in [-0.2, -0.15) is 13.2 Å². The molecule has 0 aromatic carbocycles. The predicted octanol–water partition coefficient (Wildman–Crippen LogP) is 1.04. The van der Waals surface area contributed by atoms with Crippen molar-refractivity contribution in [3.63, 3.8) is 0 Å². The van der Waals surface area contributed by atoms with E-state index in [9.17, 15) is 22.8 Å². The molecule has 0 amide bonds. The molecule has 4 nitrogen and oxygen atoms in total. The van der Waals surface area contributed by atoms with E-state index in [0.717, 1.165) is 0 Å². The lowest BCUT2D eigenvalue weighted by Gasteiger charge is -2.08. The third-order valence-electron chi connectivity index (χ3n) is 0.876. The van der Waals surface area contributed by atoms with Crippen LogP contribution in [0.3, 0.4) is 0 Å². The second-order valence-corrected chi connectivity index (χ2v) is 2.65. The van der Waals surface area contributed by atoms with Gasteiger partial charge < -0.3 is 9.47 Å². The Hall–Kier alpha value is -1.27. The summed E-state index contributed by atoms with van der Waals surface area (Å²) in [4.78, 5) is 21.1. The zero-order chi connectivity index (χ0) is 11.4. The second-order valence-electron chi connectivity index (χ2n) is 2.65. The molecule has 0 saturated carbocycles. The molecule has 0 radical (unpaired) electrons. The van der Waals surface area contributed by atoms with Gasteiger partial charge in [-0.15, -0.1) is 0 Å². The number of hydrogen-bond acceptors (Lipinski definition) is 4. The highest BCUT2D eigenvalue weighted by Crippen LogP contribution is 2.14. The lowest BCUT2D eigenvalue weighted by atomic mass is 10.5. The lowest BCUT2D eigenvalue weighted by molar-refractivity contribution is -0.193. The standard InChI is InChI=1S/C7H9F3O4/c1-4(2)14-6(12)5(11)13-3-7(8,9)10/h4H,3H2,1-2H3. The van der Waals surface area contributed by atoms with E-state index in [4.69, 9.17) is 0 Å². The summed E-state index contributed by atoms with van der Waals surface area (Å²) in [5, 5.41) is 0. The molecule has 0 bridgehead atoms. The van der Waals surface area contributed by atoms with Gasteiger partial charge in [-0.05, 0) is 13.8 Å². The topological polar surface area (TPSA) is 52.6 Å².